The monoisotopic (exact) mass is 270 g/mol. The van der Waals surface area contributed by atoms with Crippen LogP contribution in [0.1, 0.15) is 18.1 Å². The first-order valence-corrected chi connectivity index (χ1v) is 7.03. The molecule has 1 aliphatic heterocycles. The largest absolute Gasteiger partial charge is 0.338 e. The van der Waals surface area contributed by atoms with Gasteiger partial charge in [0.25, 0.3) is 0 Å². The van der Waals surface area contributed by atoms with E-state index in [0.29, 0.717) is 18.2 Å². The summed E-state index contributed by atoms with van der Waals surface area (Å²) in [6.45, 7) is 3.37. The Morgan fingerprint density at radius 3 is 2.80 bits per heavy atom. The minimum absolute atomic E-state index is 0.197. The molecule has 1 aliphatic rings. The van der Waals surface area contributed by atoms with E-state index in [2.05, 4.69) is 24.0 Å². The second kappa shape index (κ2) is 5.25. The first kappa shape index (κ1) is 13.1. The van der Waals surface area contributed by atoms with Crippen LogP contribution in [0.4, 0.5) is 15.8 Å². The lowest BCUT2D eigenvalue weighted by atomic mass is 9.93. The molecule has 20 heavy (non-hydrogen) atoms. The second-order valence-corrected chi connectivity index (χ2v) is 5.50. The number of anilines is 2. The molecule has 0 aromatic heterocycles. The smallest absolute Gasteiger partial charge is 0.147 e. The van der Waals surface area contributed by atoms with Gasteiger partial charge in [0.15, 0.2) is 0 Å². The first-order valence-electron chi connectivity index (χ1n) is 7.03. The van der Waals surface area contributed by atoms with Gasteiger partial charge in [0.05, 0.1) is 5.69 Å². The fourth-order valence-electron chi connectivity index (χ4n) is 3.04. The first-order chi connectivity index (χ1) is 9.70. The molecule has 0 saturated heterocycles. The van der Waals surface area contributed by atoms with Crippen molar-refractivity contribution in [1.82, 2.24) is 0 Å². The zero-order valence-corrected chi connectivity index (χ0v) is 11.6. The van der Waals surface area contributed by atoms with Crippen molar-refractivity contribution >= 4 is 11.4 Å². The summed E-state index contributed by atoms with van der Waals surface area (Å²) in [4.78, 5) is 2.08. The SMILES string of the molecule is CC1Cc2ccccc2N(c2c(F)cccc2CN)C1. The molecule has 1 unspecified atom stereocenters. The highest BCUT2D eigenvalue weighted by Gasteiger charge is 2.25. The Labute approximate surface area is 119 Å². The predicted molar refractivity (Wildman–Crippen MR) is 80.6 cm³/mol. The Morgan fingerprint density at radius 2 is 2.00 bits per heavy atom. The van der Waals surface area contributed by atoms with Crippen molar-refractivity contribution in [2.24, 2.45) is 11.7 Å². The summed E-state index contributed by atoms with van der Waals surface area (Å²) in [5, 5.41) is 0. The van der Waals surface area contributed by atoms with Gasteiger partial charge in [-0.3, -0.25) is 0 Å². The van der Waals surface area contributed by atoms with Crippen LogP contribution in [-0.4, -0.2) is 6.54 Å². The molecule has 0 spiro atoms. The van der Waals surface area contributed by atoms with Gasteiger partial charge in [0, 0.05) is 18.8 Å². The Bertz CT molecular complexity index is 624. The zero-order valence-electron chi connectivity index (χ0n) is 11.6. The van der Waals surface area contributed by atoms with E-state index >= 15 is 0 Å². The molecular formula is C17H19FN2. The number of benzene rings is 2. The summed E-state index contributed by atoms with van der Waals surface area (Å²) < 4.78 is 14.3. The minimum atomic E-state index is -0.197. The van der Waals surface area contributed by atoms with Crippen molar-refractivity contribution in [1.29, 1.82) is 0 Å². The van der Waals surface area contributed by atoms with Gasteiger partial charge in [-0.15, -0.1) is 0 Å². The fraction of sp³-hybridized carbons (Fsp3) is 0.294. The number of halogens is 1. The lowest BCUT2D eigenvalue weighted by Crippen LogP contribution is -2.32. The van der Waals surface area contributed by atoms with Crippen LogP contribution in [0.15, 0.2) is 42.5 Å². The van der Waals surface area contributed by atoms with Gasteiger partial charge in [0.2, 0.25) is 0 Å². The van der Waals surface area contributed by atoms with Crippen LogP contribution in [0.2, 0.25) is 0 Å². The molecule has 0 aliphatic carbocycles. The molecule has 3 rings (SSSR count). The molecule has 0 radical (unpaired) electrons. The fourth-order valence-corrected chi connectivity index (χ4v) is 3.04. The highest BCUT2D eigenvalue weighted by molar-refractivity contribution is 5.71. The summed E-state index contributed by atoms with van der Waals surface area (Å²) in [6.07, 6.45) is 1.04. The average Bonchev–Trinajstić information content (AvgIpc) is 2.46. The van der Waals surface area contributed by atoms with Crippen LogP contribution in [0.25, 0.3) is 0 Å². The summed E-state index contributed by atoms with van der Waals surface area (Å²) >= 11 is 0. The van der Waals surface area contributed by atoms with Crippen LogP contribution in [0.3, 0.4) is 0 Å². The van der Waals surface area contributed by atoms with E-state index in [1.165, 1.54) is 11.6 Å². The normalized spacial score (nSPS) is 17.9. The lowest BCUT2D eigenvalue weighted by Gasteiger charge is -2.36. The van der Waals surface area contributed by atoms with Crippen molar-refractivity contribution < 1.29 is 4.39 Å². The van der Waals surface area contributed by atoms with Crippen molar-refractivity contribution in [3.63, 3.8) is 0 Å². The number of hydrogen-bond acceptors (Lipinski definition) is 2. The molecule has 1 heterocycles. The van der Waals surface area contributed by atoms with Gasteiger partial charge in [-0.2, -0.15) is 0 Å². The maximum absolute atomic E-state index is 14.3. The topological polar surface area (TPSA) is 29.3 Å². The van der Waals surface area contributed by atoms with E-state index in [9.17, 15) is 4.39 Å². The van der Waals surface area contributed by atoms with Crippen LogP contribution in [0.5, 0.6) is 0 Å². The number of para-hydroxylation sites is 2. The van der Waals surface area contributed by atoms with E-state index in [1.54, 1.807) is 6.07 Å². The maximum Gasteiger partial charge on any atom is 0.147 e. The summed E-state index contributed by atoms with van der Waals surface area (Å²) in [6, 6.07) is 13.4. The van der Waals surface area contributed by atoms with Crippen LogP contribution >= 0.6 is 0 Å². The van der Waals surface area contributed by atoms with Crippen molar-refractivity contribution in [3.05, 3.63) is 59.4 Å². The minimum Gasteiger partial charge on any atom is -0.338 e. The van der Waals surface area contributed by atoms with Gasteiger partial charge in [-0.25, -0.2) is 4.39 Å². The lowest BCUT2D eigenvalue weighted by molar-refractivity contribution is 0.550. The summed E-state index contributed by atoms with van der Waals surface area (Å²) in [5.41, 5.74) is 9.65. The van der Waals surface area contributed by atoms with Crippen LogP contribution in [0, 0.1) is 11.7 Å². The Morgan fingerprint density at radius 1 is 1.20 bits per heavy atom. The van der Waals surface area contributed by atoms with E-state index in [1.807, 2.05) is 18.2 Å². The Kier molecular flexibility index (Phi) is 3.45. The van der Waals surface area contributed by atoms with E-state index in [4.69, 9.17) is 5.73 Å². The Balaban J connectivity index is 2.16. The molecule has 0 fully saturated rings. The molecule has 3 heteroatoms. The average molecular weight is 270 g/mol. The quantitative estimate of drug-likeness (QED) is 0.903. The highest BCUT2D eigenvalue weighted by atomic mass is 19.1. The van der Waals surface area contributed by atoms with Gasteiger partial charge in [-0.05, 0) is 35.6 Å². The molecule has 104 valence electrons. The Hall–Kier alpha value is -1.87. The van der Waals surface area contributed by atoms with Crippen molar-refractivity contribution in [2.75, 3.05) is 11.4 Å². The molecule has 0 amide bonds. The molecule has 1 atom stereocenters. The molecular weight excluding hydrogens is 251 g/mol. The van der Waals surface area contributed by atoms with Gasteiger partial charge in [-0.1, -0.05) is 37.3 Å². The third kappa shape index (κ3) is 2.18. The third-order valence-corrected chi connectivity index (χ3v) is 3.91. The van der Waals surface area contributed by atoms with E-state index < -0.39 is 0 Å². The number of rotatable bonds is 2. The third-order valence-electron chi connectivity index (χ3n) is 3.91. The number of nitrogens with two attached hydrogens (primary N) is 1. The zero-order chi connectivity index (χ0) is 14.1. The number of fused-ring (bicyclic) bond motifs is 1. The maximum atomic E-state index is 14.3. The molecule has 0 saturated carbocycles. The van der Waals surface area contributed by atoms with Crippen molar-refractivity contribution in [2.45, 2.75) is 19.9 Å². The van der Waals surface area contributed by atoms with Crippen molar-refractivity contribution in [3.8, 4) is 0 Å². The van der Waals surface area contributed by atoms with E-state index in [-0.39, 0.29) is 5.82 Å². The van der Waals surface area contributed by atoms with Gasteiger partial charge in [0.1, 0.15) is 5.82 Å². The summed E-state index contributed by atoms with van der Waals surface area (Å²) in [5.74, 6) is 0.298. The second-order valence-electron chi connectivity index (χ2n) is 5.50. The molecule has 0 bridgehead atoms. The van der Waals surface area contributed by atoms with E-state index in [0.717, 1.165) is 24.2 Å². The van der Waals surface area contributed by atoms with Gasteiger partial charge >= 0.3 is 0 Å². The molecule has 2 N–H and O–H groups in total. The van der Waals surface area contributed by atoms with Gasteiger partial charge < -0.3 is 10.6 Å². The van der Waals surface area contributed by atoms with Crippen LogP contribution < -0.4 is 10.6 Å². The number of hydrogen-bond donors (Lipinski definition) is 1. The number of nitrogens with zero attached hydrogens (tertiary/aromatic N) is 1. The standard InChI is InChI=1S/C17H19FN2/c1-12-9-13-5-2-3-8-16(13)20(11-12)17-14(10-19)6-4-7-15(17)18/h2-8,12H,9-11,19H2,1H3. The van der Waals surface area contributed by atoms with Crippen LogP contribution in [-0.2, 0) is 13.0 Å². The molecule has 2 aromatic rings. The summed E-state index contributed by atoms with van der Waals surface area (Å²) in [7, 11) is 0. The molecule has 2 nitrogen and oxygen atoms in total. The predicted octanol–water partition coefficient (Wildman–Crippen LogP) is 3.61. The molecule has 2 aromatic carbocycles. The highest BCUT2D eigenvalue weighted by Crippen LogP contribution is 2.38.